The van der Waals surface area contributed by atoms with E-state index in [0.717, 1.165) is 31.9 Å². The highest BCUT2D eigenvalue weighted by Crippen LogP contribution is 2.25. The number of alkyl halides is 3. The van der Waals surface area contributed by atoms with Crippen molar-refractivity contribution in [3.8, 4) is 0 Å². The number of halogens is 4. The van der Waals surface area contributed by atoms with Crippen molar-refractivity contribution >= 4 is 46.3 Å². The lowest BCUT2D eigenvalue weighted by Crippen LogP contribution is -2.51. The molecule has 0 saturated carbocycles. The van der Waals surface area contributed by atoms with Crippen molar-refractivity contribution in [2.75, 3.05) is 44.2 Å². The van der Waals surface area contributed by atoms with E-state index in [-0.39, 0.29) is 30.0 Å². The average molecular weight is 531 g/mol. The third-order valence-electron chi connectivity index (χ3n) is 4.99. The van der Waals surface area contributed by atoms with Gasteiger partial charge in [-0.15, -0.1) is 35.3 Å². The van der Waals surface area contributed by atoms with Gasteiger partial charge in [0.2, 0.25) is 0 Å². The van der Waals surface area contributed by atoms with Crippen LogP contribution >= 0.6 is 35.3 Å². The molecule has 2 aliphatic rings. The zero-order chi connectivity index (χ0) is 19.3. The van der Waals surface area contributed by atoms with E-state index in [2.05, 4.69) is 38.0 Å². The Morgan fingerprint density at radius 1 is 1.18 bits per heavy atom. The molecule has 2 aliphatic heterocycles. The summed E-state index contributed by atoms with van der Waals surface area (Å²) in [5.74, 6) is 0.728. The summed E-state index contributed by atoms with van der Waals surface area (Å²) in [6.45, 7) is 4.65. The van der Waals surface area contributed by atoms with Crippen molar-refractivity contribution in [1.29, 1.82) is 0 Å². The summed E-state index contributed by atoms with van der Waals surface area (Å²) in [6.07, 6.45) is -1.39. The highest BCUT2D eigenvalue weighted by Gasteiger charge is 2.34. The highest BCUT2D eigenvalue weighted by molar-refractivity contribution is 14.0. The van der Waals surface area contributed by atoms with Crippen LogP contribution in [0.15, 0.2) is 22.5 Å². The second kappa shape index (κ2) is 10.9. The van der Waals surface area contributed by atoms with Gasteiger partial charge in [0.05, 0.1) is 11.5 Å². The Hall–Kier alpha value is -0.750. The molecule has 2 N–H and O–H groups in total. The van der Waals surface area contributed by atoms with Crippen LogP contribution in [0.25, 0.3) is 0 Å². The van der Waals surface area contributed by atoms with Crippen molar-refractivity contribution in [1.82, 2.24) is 15.5 Å². The fraction of sp³-hybridized carbons (Fsp3) is 0.722. The summed E-state index contributed by atoms with van der Waals surface area (Å²) >= 11 is 1.76. The lowest BCUT2D eigenvalue weighted by Gasteiger charge is -2.34. The van der Waals surface area contributed by atoms with E-state index in [1.54, 1.807) is 11.3 Å². The molecule has 1 atom stereocenters. The van der Waals surface area contributed by atoms with Crippen molar-refractivity contribution in [2.24, 2.45) is 4.99 Å². The molecule has 2 saturated heterocycles. The van der Waals surface area contributed by atoms with Crippen LogP contribution in [0.3, 0.4) is 0 Å². The maximum absolute atomic E-state index is 12.6. The van der Waals surface area contributed by atoms with Gasteiger partial charge in [-0.1, -0.05) is 0 Å². The maximum Gasteiger partial charge on any atom is 0.401 e. The molecule has 0 spiro atoms. The van der Waals surface area contributed by atoms with Gasteiger partial charge in [-0.25, -0.2) is 0 Å². The number of nitrogens with zero attached hydrogens (tertiary/aromatic N) is 3. The second-order valence-electron chi connectivity index (χ2n) is 7.16. The molecular formula is C18H29F3IN5S. The largest absolute Gasteiger partial charge is 0.401 e. The third kappa shape index (κ3) is 7.25. The number of nitrogens with one attached hydrogen (secondary N) is 2. The fourth-order valence-corrected chi connectivity index (χ4v) is 4.50. The molecule has 160 valence electrons. The van der Waals surface area contributed by atoms with Crippen LogP contribution < -0.4 is 15.5 Å². The predicted octanol–water partition coefficient (Wildman–Crippen LogP) is 3.53. The third-order valence-corrected chi connectivity index (χ3v) is 5.91. The molecule has 10 heteroatoms. The zero-order valence-corrected chi connectivity index (χ0v) is 19.2. The Bertz CT molecular complexity index is 603. The molecule has 1 unspecified atom stereocenters. The molecule has 3 heterocycles. The Balaban J connectivity index is 0.00000280. The van der Waals surface area contributed by atoms with Gasteiger partial charge in [-0.3, -0.25) is 9.89 Å². The molecule has 0 bridgehead atoms. The average Bonchev–Trinajstić information content (AvgIpc) is 3.27. The number of guanidine groups is 1. The Labute approximate surface area is 185 Å². The minimum Gasteiger partial charge on any atom is -0.363 e. The number of aliphatic imine (C=N–C) groups is 1. The van der Waals surface area contributed by atoms with Crippen LogP contribution in [-0.4, -0.2) is 68.4 Å². The summed E-state index contributed by atoms with van der Waals surface area (Å²) in [7, 11) is 0. The SMILES string of the molecule is CCN=C(NC1CCN(c2cccs2)CC1)NC1CCN(CC(F)(F)F)C1.I. The Morgan fingerprint density at radius 2 is 1.86 bits per heavy atom. The lowest BCUT2D eigenvalue weighted by molar-refractivity contribution is -0.143. The normalized spacial score (nSPS) is 22.2. The van der Waals surface area contributed by atoms with Gasteiger partial charge < -0.3 is 15.5 Å². The first-order valence-electron chi connectivity index (χ1n) is 9.58. The minimum atomic E-state index is -4.13. The van der Waals surface area contributed by atoms with E-state index in [1.807, 2.05) is 6.92 Å². The van der Waals surface area contributed by atoms with Gasteiger partial charge in [0.15, 0.2) is 5.96 Å². The van der Waals surface area contributed by atoms with Gasteiger partial charge >= 0.3 is 6.18 Å². The number of anilines is 1. The summed E-state index contributed by atoms with van der Waals surface area (Å²) in [5.41, 5.74) is 0. The number of thiophene rings is 1. The minimum absolute atomic E-state index is 0. The van der Waals surface area contributed by atoms with Gasteiger partial charge in [-0.2, -0.15) is 13.2 Å². The van der Waals surface area contributed by atoms with Crippen LogP contribution in [-0.2, 0) is 0 Å². The molecule has 1 aromatic heterocycles. The van der Waals surface area contributed by atoms with Crippen molar-refractivity contribution in [2.45, 2.75) is 44.4 Å². The Kier molecular flexibility index (Phi) is 9.13. The van der Waals surface area contributed by atoms with Gasteiger partial charge in [0, 0.05) is 44.8 Å². The first-order chi connectivity index (χ1) is 12.9. The van der Waals surface area contributed by atoms with Crippen LogP contribution in [0.4, 0.5) is 18.2 Å². The molecule has 28 heavy (non-hydrogen) atoms. The summed E-state index contributed by atoms with van der Waals surface area (Å²) in [6, 6.07) is 4.57. The van der Waals surface area contributed by atoms with E-state index >= 15 is 0 Å². The first kappa shape index (κ1) is 23.5. The molecule has 0 radical (unpaired) electrons. The van der Waals surface area contributed by atoms with Gasteiger partial charge in [0.25, 0.3) is 0 Å². The lowest BCUT2D eigenvalue weighted by atomic mass is 10.1. The quantitative estimate of drug-likeness (QED) is 0.347. The fourth-order valence-electron chi connectivity index (χ4n) is 3.72. The highest BCUT2D eigenvalue weighted by atomic mass is 127. The first-order valence-corrected chi connectivity index (χ1v) is 10.5. The van der Waals surface area contributed by atoms with E-state index in [9.17, 15) is 13.2 Å². The predicted molar refractivity (Wildman–Crippen MR) is 120 cm³/mol. The molecule has 0 amide bonds. The van der Waals surface area contributed by atoms with Crippen molar-refractivity contribution in [3.63, 3.8) is 0 Å². The van der Waals surface area contributed by atoms with E-state index in [0.29, 0.717) is 32.1 Å². The number of likely N-dealkylation sites (tertiary alicyclic amines) is 1. The Morgan fingerprint density at radius 3 is 2.46 bits per heavy atom. The zero-order valence-electron chi connectivity index (χ0n) is 16.0. The molecule has 0 aromatic carbocycles. The monoisotopic (exact) mass is 531 g/mol. The van der Waals surface area contributed by atoms with Crippen LogP contribution in [0, 0.1) is 0 Å². The van der Waals surface area contributed by atoms with Crippen LogP contribution in [0.5, 0.6) is 0 Å². The van der Waals surface area contributed by atoms with Crippen molar-refractivity contribution < 1.29 is 13.2 Å². The van der Waals surface area contributed by atoms with Gasteiger partial charge in [-0.05, 0) is 43.7 Å². The summed E-state index contributed by atoms with van der Waals surface area (Å²) < 4.78 is 37.7. The van der Waals surface area contributed by atoms with E-state index in [4.69, 9.17) is 0 Å². The molecular weight excluding hydrogens is 502 g/mol. The van der Waals surface area contributed by atoms with E-state index in [1.165, 1.54) is 9.90 Å². The van der Waals surface area contributed by atoms with E-state index < -0.39 is 12.7 Å². The number of hydrogen-bond donors (Lipinski definition) is 2. The molecule has 5 nitrogen and oxygen atoms in total. The topological polar surface area (TPSA) is 42.9 Å². The van der Waals surface area contributed by atoms with Crippen LogP contribution in [0.2, 0.25) is 0 Å². The number of hydrogen-bond acceptors (Lipinski definition) is 4. The molecule has 1 aromatic rings. The van der Waals surface area contributed by atoms with Gasteiger partial charge in [0.1, 0.15) is 0 Å². The molecule has 3 rings (SSSR count). The number of piperidine rings is 1. The summed E-state index contributed by atoms with van der Waals surface area (Å²) in [5, 5.41) is 10.2. The number of rotatable bonds is 5. The molecule has 0 aliphatic carbocycles. The smallest absolute Gasteiger partial charge is 0.363 e. The standard InChI is InChI=1S/C18H28F3N5S.HI/c1-2-22-17(24-15-5-8-25(12-15)13-18(19,20)21)23-14-6-9-26(10-7-14)16-4-3-11-27-16;/h3-4,11,14-15H,2,5-10,12-13H2,1H3,(H2,22,23,24);1H. The summed E-state index contributed by atoms with van der Waals surface area (Å²) in [4.78, 5) is 8.35. The second-order valence-corrected chi connectivity index (χ2v) is 8.09. The molecule has 2 fully saturated rings. The maximum atomic E-state index is 12.6. The van der Waals surface area contributed by atoms with Crippen LogP contribution in [0.1, 0.15) is 26.2 Å². The van der Waals surface area contributed by atoms with Crippen molar-refractivity contribution in [3.05, 3.63) is 17.5 Å².